The van der Waals surface area contributed by atoms with Gasteiger partial charge < -0.3 is 19.9 Å². The van der Waals surface area contributed by atoms with Crippen LogP contribution < -0.4 is 10.2 Å². The summed E-state index contributed by atoms with van der Waals surface area (Å²) in [5.74, 6) is 2.97. The van der Waals surface area contributed by atoms with Crippen molar-refractivity contribution in [1.29, 1.82) is 0 Å². The third kappa shape index (κ3) is 3.79. The molecule has 1 N–H and O–H groups in total. The van der Waals surface area contributed by atoms with Gasteiger partial charge in [0.15, 0.2) is 0 Å². The van der Waals surface area contributed by atoms with E-state index in [1.165, 1.54) is 0 Å². The van der Waals surface area contributed by atoms with Crippen LogP contribution in [0.5, 0.6) is 0 Å². The van der Waals surface area contributed by atoms with Crippen LogP contribution in [0.3, 0.4) is 0 Å². The van der Waals surface area contributed by atoms with Crippen molar-refractivity contribution in [3.05, 3.63) is 18.3 Å². The number of carbonyl (C=O) groups is 1. The molecule has 0 aromatic carbocycles. The second-order valence-electron chi connectivity index (χ2n) is 5.03. The third-order valence-corrected chi connectivity index (χ3v) is 4.58. The number of aromatic nitrogens is 1. The first-order valence-corrected chi connectivity index (χ1v) is 8.41. The van der Waals surface area contributed by atoms with Gasteiger partial charge in [0.25, 0.3) is 0 Å². The van der Waals surface area contributed by atoms with E-state index in [-0.39, 0.29) is 6.03 Å². The third-order valence-electron chi connectivity index (χ3n) is 3.63. The fourth-order valence-corrected chi connectivity index (χ4v) is 3.31. The number of hydrogen-bond donors (Lipinski definition) is 1. The van der Waals surface area contributed by atoms with Crippen molar-refractivity contribution >= 4 is 29.3 Å². The Morgan fingerprint density at radius 3 is 2.62 bits per heavy atom. The number of pyridine rings is 1. The number of rotatable bonds is 2. The van der Waals surface area contributed by atoms with Crippen LogP contribution in [0.2, 0.25) is 0 Å². The van der Waals surface area contributed by atoms with Crippen molar-refractivity contribution in [3.63, 3.8) is 0 Å². The molecule has 2 aliphatic rings. The Kier molecular flexibility index (Phi) is 4.82. The van der Waals surface area contributed by atoms with Gasteiger partial charge in [-0.05, 0) is 12.1 Å². The lowest BCUT2D eigenvalue weighted by molar-refractivity contribution is 0.122. The highest BCUT2D eigenvalue weighted by Crippen LogP contribution is 2.16. The summed E-state index contributed by atoms with van der Waals surface area (Å²) in [4.78, 5) is 20.6. The lowest BCUT2D eigenvalue weighted by Gasteiger charge is -2.28. The highest BCUT2D eigenvalue weighted by Gasteiger charge is 2.17. The number of morpholine rings is 1. The monoisotopic (exact) mass is 308 g/mol. The molecule has 2 amide bonds. The molecule has 0 atom stereocenters. The van der Waals surface area contributed by atoms with E-state index >= 15 is 0 Å². The number of urea groups is 1. The van der Waals surface area contributed by atoms with Gasteiger partial charge in [-0.2, -0.15) is 11.8 Å². The molecule has 1 aromatic rings. The van der Waals surface area contributed by atoms with Gasteiger partial charge in [0.1, 0.15) is 5.82 Å². The Labute approximate surface area is 128 Å². The number of hydrogen-bond acceptors (Lipinski definition) is 5. The molecule has 2 fully saturated rings. The van der Waals surface area contributed by atoms with Crippen LogP contribution in [0.15, 0.2) is 18.3 Å². The molecule has 0 radical (unpaired) electrons. The first kappa shape index (κ1) is 14.5. The smallest absolute Gasteiger partial charge is 0.321 e. The van der Waals surface area contributed by atoms with Gasteiger partial charge in [-0.25, -0.2) is 9.78 Å². The Hall–Kier alpha value is -1.47. The Morgan fingerprint density at radius 1 is 1.19 bits per heavy atom. The standard InChI is InChI=1S/C14H20N4O2S/c19-14(18-5-9-21-10-6-18)16-12-1-2-13(15-11-12)17-3-7-20-8-4-17/h1-2,11H,3-10H2,(H,16,19). The molecule has 114 valence electrons. The Morgan fingerprint density at radius 2 is 1.95 bits per heavy atom. The molecule has 0 spiro atoms. The lowest BCUT2D eigenvalue weighted by atomic mass is 10.3. The van der Waals surface area contributed by atoms with Gasteiger partial charge in [0.05, 0.1) is 25.1 Å². The highest BCUT2D eigenvalue weighted by atomic mass is 32.2. The second-order valence-corrected chi connectivity index (χ2v) is 6.26. The Balaban J connectivity index is 1.57. The fourth-order valence-electron chi connectivity index (χ4n) is 2.41. The maximum Gasteiger partial charge on any atom is 0.321 e. The van der Waals surface area contributed by atoms with Crippen LogP contribution in [0.25, 0.3) is 0 Å². The molecule has 0 saturated carbocycles. The molecule has 3 heterocycles. The number of nitrogens with one attached hydrogen (secondary N) is 1. The van der Waals surface area contributed by atoms with Gasteiger partial charge in [-0.3, -0.25) is 0 Å². The first-order valence-electron chi connectivity index (χ1n) is 7.25. The molecule has 6 nitrogen and oxygen atoms in total. The minimum Gasteiger partial charge on any atom is -0.378 e. The van der Waals surface area contributed by atoms with E-state index < -0.39 is 0 Å². The summed E-state index contributed by atoms with van der Waals surface area (Å²) in [5.41, 5.74) is 0.746. The summed E-state index contributed by atoms with van der Waals surface area (Å²) >= 11 is 1.89. The molecule has 1 aromatic heterocycles. The first-order chi connectivity index (χ1) is 10.3. The second kappa shape index (κ2) is 7.00. The summed E-state index contributed by atoms with van der Waals surface area (Å²) in [6, 6.07) is 3.83. The molecular formula is C14H20N4O2S. The zero-order valence-corrected chi connectivity index (χ0v) is 12.8. The van der Waals surface area contributed by atoms with Crippen molar-refractivity contribution in [2.45, 2.75) is 0 Å². The van der Waals surface area contributed by atoms with E-state index in [9.17, 15) is 4.79 Å². The summed E-state index contributed by atoms with van der Waals surface area (Å²) in [6.07, 6.45) is 1.72. The van der Waals surface area contributed by atoms with Crippen LogP contribution in [-0.2, 0) is 4.74 Å². The average Bonchev–Trinajstić information content (AvgIpc) is 2.57. The lowest BCUT2D eigenvalue weighted by Crippen LogP contribution is -2.40. The molecule has 0 unspecified atom stereocenters. The van der Waals surface area contributed by atoms with E-state index in [0.29, 0.717) is 0 Å². The van der Waals surface area contributed by atoms with Gasteiger partial charge in [-0.15, -0.1) is 0 Å². The van der Waals surface area contributed by atoms with Crippen LogP contribution >= 0.6 is 11.8 Å². The summed E-state index contributed by atoms with van der Waals surface area (Å²) < 4.78 is 5.33. The predicted molar refractivity (Wildman–Crippen MR) is 85.2 cm³/mol. The number of nitrogens with zero attached hydrogens (tertiary/aromatic N) is 3. The molecular weight excluding hydrogens is 288 g/mol. The van der Waals surface area contributed by atoms with E-state index in [0.717, 1.165) is 62.4 Å². The zero-order chi connectivity index (χ0) is 14.5. The number of thioether (sulfide) groups is 1. The van der Waals surface area contributed by atoms with Gasteiger partial charge in [0, 0.05) is 37.7 Å². The van der Waals surface area contributed by atoms with Crippen LogP contribution in [0, 0.1) is 0 Å². The topological polar surface area (TPSA) is 57.7 Å². The van der Waals surface area contributed by atoms with Crippen molar-refractivity contribution in [1.82, 2.24) is 9.88 Å². The van der Waals surface area contributed by atoms with Crippen molar-refractivity contribution in [3.8, 4) is 0 Å². The number of ether oxygens (including phenoxy) is 1. The average molecular weight is 308 g/mol. The largest absolute Gasteiger partial charge is 0.378 e. The van der Waals surface area contributed by atoms with Gasteiger partial charge >= 0.3 is 6.03 Å². The quantitative estimate of drug-likeness (QED) is 0.897. The van der Waals surface area contributed by atoms with E-state index in [2.05, 4.69) is 15.2 Å². The molecule has 0 aliphatic carbocycles. The summed E-state index contributed by atoms with van der Waals surface area (Å²) in [6.45, 7) is 4.85. The molecule has 3 rings (SSSR count). The number of carbonyl (C=O) groups excluding carboxylic acids is 1. The Bertz CT molecular complexity index is 470. The SMILES string of the molecule is O=C(Nc1ccc(N2CCOCC2)nc1)N1CCSCC1. The molecule has 2 aliphatic heterocycles. The predicted octanol–water partition coefficient (Wildman–Crippen LogP) is 1.50. The molecule has 7 heteroatoms. The van der Waals surface area contributed by atoms with E-state index in [1.807, 2.05) is 28.8 Å². The highest BCUT2D eigenvalue weighted by molar-refractivity contribution is 7.99. The molecule has 0 bridgehead atoms. The van der Waals surface area contributed by atoms with Crippen molar-refractivity contribution in [2.75, 3.05) is 61.1 Å². The normalized spacial score (nSPS) is 19.4. The number of amides is 2. The van der Waals surface area contributed by atoms with Gasteiger partial charge in [0.2, 0.25) is 0 Å². The van der Waals surface area contributed by atoms with Crippen LogP contribution in [0.1, 0.15) is 0 Å². The van der Waals surface area contributed by atoms with Crippen LogP contribution in [-0.4, -0.2) is 66.8 Å². The number of anilines is 2. The summed E-state index contributed by atoms with van der Waals surface area (Å²) in [5, 5.41) is 2.91. The van der Waals surface area contributed by atoms with E-state index in [4.69, 9.17) is 4.74 Å². The van der Waals surface area contributed by atoms with Gasteiger partial charge in [-0.1, -0.05) is 0 Å². The maximum absolute atomic E-state index is 12.1. The minimum absolute atomic E-state index is 0.0313. The molecule has 2 saturated heterocycles. The zero-order valence-electron chi connectivity index (χ0n) is 12.0. The fraction of sp³-hybridized carbons (Fsp3) is 0.571. The van der Waals surface area contributed by atoms with Crippen molar-refractivity contribution in [2.24, 2.45) is 0 Å². The minimum atomic E-state index is -0.0313. The van der Waals surface area contributed by atoms with E-state index in [1.54, 1.807) is 6.20 Å². The van der Waals surface area contributed by atoms with Crippen molar-refractivity contribution < 1.29 is 9.53 Å². The molecule has 21 heavy (non-hydrogen) atoms. The summed E-state index contributed by atoms with van der Waals surface area (Å²) in [7, 11) is 0. The van der Waals surface area contributed by atoms with Crippen LogP contribution in [0.4, 0.5) is 16.3 Å². The maximum atomic E-state index is 12.1.